The number of pyridine rings is 1. The maximum Gasteiger partial charge on any atom is 0.488 e. The van der Waals surface area contributed by atoms with Crippen molar-refractivity contribution in [3.05, 3.63) is 30.7 Å². The highest BCUT2D eigenvalue weighted by molar-refractivity contribution is 6.59. The Morgan fingerprint density at radius 2 is 2.06 bits per heavy atom. The van der Waals surface area contributed by atoms with Gasteiger partial charge in [0.15, 0.2) is 0 Å². The summed E-state index contributed by atoms with van der Waals surface area (Å²) < 4.78 is 0. The van der Waals surface area contributed by atoms with Crippen LogP contribution < -0.4 is 5.46 Å². The molecule has 0 saturated heterocycles. The highest BCUT2D eigenvalue weighted by Gasteiger charge is 2.12. The first kappa shape index (κ1) is 9.32. The van der Waals surface area contributed by atoms with E-state index in [1.165, 1.54) is 0 Å². The molecule has 78 valence electrons. The third-order valence-corrected chi connectivity index (χ3v) is 2.58. The number of aromatic amines is 1. The zero-order valence-electron chi connectivity index (χ0n) is 8.25. The quantitative estimate of drug-likeness (QED) is 0.488. The standard InChI is InChI=1S/C10H8BN3O2/c15-11(16)6-1-2-8-7(3-6)10-9(4-12-8)13-5-14-10/h1-5,15-16H,(H,13,14). The summed E-state index contributed by atoms with van der Waals surface area (Å²) in [5, 5.41) is 19.0. The van der Waals surface area contributed by atoms with Gasteiger partial charge in [-0.3, -0.25) is 4.98 Å². The fourth-order valence-electron chi connectivity index (χ4n) is 1.77. The van der Waals surface area contributed by atoms with Gasteiger partial charge in [0.05, 0.1) is 29.1 Å². The van der Waals surface area contributed by atoms with E-state index in [9.17, 15) is 0 Å². The monoisotopic (exact) mass is 213 g/mol. The minimum absolute atomic E-state index is 0.435. The van der Waals surface area contributed by atoms with Crippen LogP contribution in [-0.2, 0) is 0 Å². The van der Waals surface area contributed by atoms with Gasteiger partial charge in [-0.25, -0.2) is 4.98 Å². The average Bonchev–Trinajstić information content (AvgIpc) is 2.76. The predicted octanol–water partition coefficient (Wildman–Crippen LogP) is -0.209. The lowest BCUT2D eigenvalue weighted by molar-refractivity contribution is 0.426. The number of hydrogen-bond acceptors (Lipinski definition) is 4. The molecule has 0 atom stereocenters. The molecule has 3 N–H and O–H groups in total. The SMILES string of the molecule is OB(O)c1ccc2ncc3[nH]cnc3c2c1. The molecule has 0 bridgehead atoms. The van der Waals surface area contributed by atoms with Crippen LogP contribution in [0.2, 0.25) is 0 Å². The maximum absolute atomic E-state index is 9.11. The highest BCUT2D eigenvalue weighted by atomic mass is 16.4. The third-order valence-electron chi connectivity index (χ3n) is 2.58. The number of nitrogens with zero attached hydrogens (tertiary/aromatic N) is 2. The van der Waals surface area contributed by atoms with Crippen LogP contribution in [-0.4, -0.2) is 32.1 Å². The molecule has 0 amide bonds. The zero-order chi connectivity index (χ0) is 11.1. The first-order valence-electron chi connectivity index (χ1n) is 4.83. The highest BCUT2D eigenvalue weighted by Crippen LogP contribution is 2.19. The lowest BCUT2D eigenvalue weighted by Crippen LogP contribution is -2.29. The molecule has 0 spiro atoms. The van der Waals surface area contributed by atoms with Crippen molar-refractivity contribution in [2.75, 3.05) is 0 Å². The second-order valence-electron chi connectivity index (χ2n) is 3.57. The second-order valence-corrected chi connectivity index (χ2v) is 3.57. The number of hydrogen-bond donors (Lipinski definition) is 3. The fourth-order valence-corrected chi connectivity index (χ4v) is 1.77. The first-order chi connectivity index (χ1) is 7.75. The lowest BCUT2D eigenvalue weighted by atomic mass is 9.80. The van der Waals surface area contributed by atoms with Crippen LogP contribution in [0.5, 0.6) is 0 Å². The Labute approximate surface area is 90.9 Å². The van der Waals surface area contributed by atoms with E-state index in [4.69, 9.17) is 10.0 Å². The van der Waals surface area contributed by atoms with E-state index in [-0.39, 0.29) is 0 Å². The summed E-state index contributed by atoms with van der Waals surface area (Å²) in [5.74, 6) is 0. The van der Waals surface area contributed by atoms with Crippen molar-refractivity contribution in [2.45, 2.75) is 0 Å². The Morgan fingerprint density at radius 3 is 2.88 bits per heavy atom. The molecular weight excluding hydrogens is 205 g/mol. The van der Waals surface area contributed by atoms with E-state index in [1.807, 2.05) is 0 Å². The van der Waals surface area contributed by atoms with Gasteiger partial charge < -0.3 is 15.0 Å². The van der Waals surface area contributed by atoms with E-state index in [2.05, 4.69) is 15.0 Å². The van der Waals surface area contributed by atoms with Gasteiger partial charge in [-0.2, -0.15) is 0 Å². The summed E-state index contributed by atoms with van der Waals surface area (Å²) in [4.78, 5) is 11.4. The van der Waals surface area contributed by atoms with Crippen molar-refractivity contribution in [1.29, 1.82) is 0 Å². The molecule has 0 aliphatic heterocycles. The van der Waals surface area contributed by atoms with Crippen LogP contribution in [0.25, 0.3) is 21.9 Å². The van der Waals surface area contributed by atoms with E-state index < -0.39 is 7.12 Å². The molecule has 0 aliphatic carbocycles. The Morgan fingerprint density at radius 1 is 1.19 bits per heavy atom. The average molecular weight is 213 g/mol. The van der Waals surface area contributed by atoms with Crippen molar-refractivity contribution in [3.63, 3.8) is 0 Å². The lowest BCUT2D eigenvalue weighted by Gasteiger charge is -2.02. The van der Waals surface area contributed by atoms with Gasteiger partial charge in [-0.1, -0.05) is 12.1 Å². The fraction of sp³-hybridized carbons (Fsp3) is 0. The number of nitrogens with one attached hydrogen (secondary N) is 1. The summed E-state index contributed by atoms with van der Waals surface area (Å²) in [5.41, 5.74) is 2.83. The van der Waals surface area contributed by atoms with Crippen molar-refractivity contribution >= 4 is 34.5 Å². The molecule has 2 heterocycles. The maximum atomic E-state index is 9.11. The molecule has 0 radical (unpaired) electrons. The molecule has 6 heteroatoms. The number of benzene rings is 1. The Hall–Kier alpha value is -1.92. The van der Waals surface area contributed by atoms with Gasteiger partial charge in [0, 0.05) is 5.39 Å². The molecule has 0 aliphatic rings. The van der Waals surface area contributed by atoms with E-state index >= 15 is 0 Å². The molecule has 5 nitrogen and oxygen atoms in total. The Balaban J connectivity index is 2.41. The summed E-state index contributed by atoms with van der Waals surface area (Å²) in [6.45, 7) is 0. The molecule has 3 aromatic rings. The normalized spacial score (nSPS) is 11.1. The van der Waals surface area contributed by atoms with Crippen LogP contribution in [0, 0.1) is 0 Å². The van der Waals surface area contributed by atoms with Crippen molar-refractivity contribution in [3.8, 4) is 0 Å². The van der Waals surface area contributed by atoms with Crippen LogP contribution in [0.4, 0.5) is 0 Å². The van der Waals surface area contributed by atoms with Gasteiger partial charge in [0.25, 0.3) is 0 Å². The molecule has 2 aromatic heterocycles. The second kappa shape index (κ2) is 3.29. The Kier molecular flexibility index (Phi) is 1.92. The number of aromatic nitrogens is 3. The summed E-state index contributed by atoms with van der Waals surface area (Å²) in [6, 6.07) is 5.08. The largest absolute Gasteiger partial charge is 0.488 e. The molecule has 1 aromatic carbocycles. The smallest absolute Gasteiger partial charge is 0.423 e. The molecular formula is C10H8BN3O2. The van der Waals surface area contributed by atoms with E-state index in [1.54, 1.807) is 30.7 Å². The Bertz CT molecular complexity index is 665. The number of imidazole rings is 1. The van der Waals surface area contributed by atoms with Crippen molar-refractivity contribution in [2.24, 2.45) is 0 Å². The molecule has 0 saturated carbocycles. The van der Waals surface area contributed by atoms with Crippen LogP contribution in [0.1, 0.15) is 0 Å². The van der Waals surface area contributed by atoms with Crippen molar-refractivity contribution < 1.29 is 10.0 Å². The van der Waals surface area contributed by atoms with Crippen molar-refractivity contribution in [1.82, 2.24) is 15.0 Å². The third kappa shape index (κ3) is 1.28. The van der Waals surface area contributed by atoms with Crippen LogP contribution in [0.3, 0.4) is 0 Å². The van der Waals surface area contributed by atoms with Gasteiger partial charge in [-0.05, 0) is 11.5 Å². The molecule has 16 heavy (non-hydrogen) atoms. The summed E-state index contributed by atoms with van der Waals surface area (Å²) in [7, 11) is -1.47. The number of rotatable bonds is 1. The van der Waals surface area contributed by atoms with Gasteiger partial charge in [0.2, 0.25) is 0 Å². The number of H-pyrrole nitrogens is 1. The molecule has 0 unspecified atom stereocenters. The molecule has 3 rings (SSSR count). The summed E-state index contributed by atoms with van der Waals surface area (Å²) >= 11 is 0. The topological polar surface area (TPSA) is 82.0 Å². The van der Waals surface area contributed by atoms with Crippen LogP contribution >= 0.6 is 0 Å². The number of fused-ring (bicyclic) bond motifs is 3. The van der Waals surface area contributed by atoms with E-state index in [0.29, 0.717) is 5.46 Å². The van der Waals surface area contributed by atoms with Gasteiger partial charge in [-0.15, -0.1) is 0 Å². The minimum atomic E-state index is -1.47. The molecule has 0 fully saturated rings. The zero-order valence-corrected chi connectivity index (χ0v) is 8.25. The van der Waals surface area contributed by atoms with E-state index in [0.717, 1.165) is 21.9 Å². The minimum Gasteiger partial charge on any atom is -0.423 e. The summed E-state index contributed by atoms with van der Waals surface area (Å²) in [6.07, 6.45) is 3.30. The van der Waals surface area contributed by atoms with Gasteiger partial charge in [0.1, 0.15) is 0 Å². The van der Waals surface area contributed by atoms with Gasteiger partial charge >= 0.3 is 7.12 Å². The van der Waals surface area contributed by atoms with Crippen LogP contribution in [0.15, 0.2) is 30.7 Å². The predicted molar refractivity (Wildman–Crippen MR) is 61.2 cm³/mol. The first-order valence-corrected chi connectivity index (χ1v) is 4.83.